The van der Waals surface area contributed by atoms with E-state index in [1.54, 1.807) is 0 Å². The molecule has 0 radical (unpaired) electrons. The molecule has 0 aliphatic carbocycles. The van der Waals surface area contributed by atoms with E-state index in [1.807, 2.05) is 32.0 Å². The fourth-order valence-electron chi connectivity index (χ4n) is 2.13. The summed E-state index contributed by atoms with van der Waals surface area (Å²) in [4.78, 5) is 22.9. The Balaban J connectivity index is 1.98. The van der Waals surface area contributed by atoms with Gasteiger partial charge in [0.15, 0.2) is 5.76 Å². The van der Waals surface area contributed by atoms with Crippen molar-refractivity contribution in [2.75, 3.05) is 19.8 Å². The quantitative estimate of drug-likeness (QED) is 0.677. The lowest BCUT2D eigenvalue weighted by Crippen LogP contribution is -2.23. The van der Waals surface area contributed by atoms with Crippen molar-refractivity contribution in [1.29, 1.82) is 0 Å². The van der Waals surface area contributed by atoms with Gasteiger partial charge in [-0.05, 0) is 37.6 Å². The fourth-order valence-corrected chi connectivity index (χ4v) is 2.13. The Hall–Kier alpha value is -2.80. The van der Waals surface area contributed by atoms with E-state index < -0.39 is 11.9 Å². The third-order valence-corrected chi connectivity index (χ3v) is 3.39. The number of hydrogen-bond acceptors (Lipinski definition) is 5. The van der Waals surface area contributed by atoms with Crippen LogP contribution in [0.2, 0.25) is 0 Å². The van der Waals surface area contributed by atoms with Gasteiger partial charge in [0.2, 0.25) is 5.76 Å². The number of aryl methyl sites for hydroxylation is 1. The van der Waals surface area contributed by atoms with Crippen LogP contribution in [0.15, 0.2) is 34.7 Å². The molecule has 0 unspecified atom stereocenters. The van der Waals surface area contributed by atoms with Gasteiger partial charge in [-0.25, -0.2) is 4.79 Å². The lowest BCUT2D eigenvalue weighted by Gasteiger charge is -2.13. The molecule has 2 aromatic rings. The van der Waals surface area contributed by atoms with Gasteiger partial charge in [0.1, 0.15) is 12.4 Å². The lowest BCUT2D eigenvalue weighted by molar-refractivity contribution is 0.0659. The van der Waals surface area contributed by atoms with Crippen molar-refractivity contribution in [2.45, 2.75) is 20.4 Å². The highest BCUT2D eigenvalue weighted by molar-refractivity contribution is 5.93. The van der Waals surface area contributed by atoms with Crippen molar-refractivity contribution in [3.05, 3.63) is 53.0 Å². The molecule has 0 spiro atoms. The average molecular weight is 347 g/mol. The van der Waals surface area contributed by atoms with E-state index in [-0.39, 0.29) is 18.1 Å². The smallest absolute Gasteiger partial charge is 0.371 e. The normalized spacial score (nSPS) is 10.5. The molecule has 25 heavy (non-hydrogen) atoms. The van der Waals surface area contributed by atoms with Crippen LogP contribution in [0.5, 0.6) is 5.75 Å². The van der Waals surface area contributed by atoms with Gasteiger partial charge in [-0.3, -0.25) is 4.79 Å². The van der Waals surface area contributed by atoms with Crippen molar-refractivity contribution in [3.8, 4) is 5.75 Å². The van der Waals surface area contributed by atoms with Gasteiger partial charge in [0.25, 0.3) is 5.91 Å². The first-order chi connectivity index (χ1) is 12.0. The monoisotopic (exact) mass is 347 g/mol. The summed E-state index contributed by atoms with van der Waals surface area (Å²) >= 11 is 0. The predicted octanol–water partition coefficient (Wildman–Crippen LogP) is 2.63. The first kappa shape index (κ1) is 18.5. The van der Waals surface area contributed by atoms with E-state index in [1.165, 1.54) is 12.1 Å². The summed E-state index contributed by atoms with van der Waals surface area (Å²) in [6.07, 6.45) is 0. The van der Waals surface area contributed by atoms with Crippen molar-refractivity contribution in [3.63, 3.8) is 0 Å². The van der Waals surface area contributed by atoms with Gasteiger partial charge in [0, 0.05) is 18.7 Å². The van der Waals surface area contributed by atoms with E-state index in [2.05, 4.69) is 5.32 Å². The molecule has 0 fully saturated rings. The standard InChI is InChI=1S/C18H21NO6/c1-3-23-8-9-24-16-10-12(2)4-5-13(16)11-19-17(20)14-6-7-15(25-14)18(21)22/h4-7,10H,3,8-9,11H2,1-2H3,(H,19,20)(H,21,22). The third kappa shape index (κ3) is 5.36. The second-order valence-corrected chi connectivity index (χ2v) is 5.31. The molecule has 0 bridgehead atoms. The highest BCUT2D eigenvalue weighted by atomic mass is 16.5. The number of furan rings is 1. The minimum absolute atomic E-state index is 0.0525. The number of carboxylic acid groups (broad SMARTS) is 1. The van der Waals surface area contributed by atoms with Crippen molar-refractivity contribution >= 4 is 11.9 Å². The predicted molar refractivity (Wildman–Crippen MR) is 90.0 cm³/mol. The Morgan fingerprint density at radius 3 is 2.60 bits per heavy atom. The summed E-state index contributed by atoms with van der Waals surface area (Å²) in [6, 6.07) is 8.25. The van der Waals surface area contributed by atoms with E-state index in [9.17, 15) is 9.59 Å². The molecule has 7 heteroatoms. The second kappa shape index (κ2) is 8.89. The summed E-state index contributed by atoms with van der Waals surface area (Å²) < 4.78 is 15.9. The SMILES string of the molecule is CCOCCOc1cc(C)ccc1CNC(=O)c1ccc(C(=O)O)o1. The first-order valence-corrected chi connectivity index (χ1v) is 7.92. The van der Waals surface area contributed by atoms with Gasteiger partial charge in [0.05, 0.1) is 6.61 Å². The molecule has 1 aromatic heterocycles. The van der Waals surface area contributed by atoms with Gasteiger partial charge < -0.3 is 24.3 Å². The van der Waals surface area contributed by atoms with E-state index in [0.29, 0.717) is 25.6 Å². The Morgan fingerprint density at radius 1 is 1.16 bits per heavy atom. The fraction of sp³-hybridized carbons (Fsp3) is 0.333. The van der Waals surface area contributed by atoms with Gasteiger partial charge in [-0.2, -0.15) is 0 Å². The highest BCUT2D eigenvalue weighted by Gasteiger charge is 2.15. The number of amides is 1. The first-order valence-electron chi connectivity index (χ1n) is 7.92. The zero-order chi connectivity index (χ0) is 18.2. The summed E-state index contributed by atoms with van der Waals surface area (Å²) in [5.41, 5.74) is 1.85. The van der Waals surface area contributed by atoms with Crippen LogP contribution in [0.25, 0.3) is 0 Å². The van der Waals surface area contributed by atoms with Crippen LogP contribution < -0.4 is 10.1 Å². The molecule has 0 saturated heterocycles. The van der Waals surface area contributed by atoms with Gasteiger partial charge in [-0.15, -0.1) is 0 Å². The van der Waals surface area contributed by atoms with Crippen LogP contribution in [-0.2, 0) is 11.3 Å². The Kier molecular flexibility index (Phi) is 6.59. The number of benzene rings is 1. The van der Waals surface area contributed by atoms with Crippen molar-refractivity contribution in [1.82, 2.24) is 5.32 Å². The van der Waals surface area contributed by atoms with E-state index >= 15 is 0 Å². The maximum atomic E-state index is 12.1. The number of nitrogens with one attached hydrogen (secondary N) is 1. The maximum absolute atomic E-state index is 12.1. The van der Waals surface area contributed by atoms with Crippen LogP contribution in [0, 0.1) is 6.92 Å². The molecule has 0 aliphatic rings. The number of ether oxygens (including phenoxy) is 2. The topological polar surface area (TPSA) is 98.0 Å². The Bertz CT molecular complexity index is 737. The summed E-state index contributed by atoms with van der Waals surface area (Å²) in [5.74, 6) is -1.37. The molecule has 134 valence electrons. The highest BCUT2D eigenvalue weighted by Crippen LogP contribution is 2.20. The number of carbonyl (C=O) groups is 2. The van der Waals surface area contributed by atoms with Crippen molar-refractivity contribution < 1.29 is 28.6 Å². The number of aromatic carboxylic acids is 1. The molecule has 0 saturated carbocycles. The number of hydrogen-bond donors (Lipinski definition) is 2. The van der Waals surface area contributed by atoms with Crippen LogP contribution in [0.1, 0.15) is 39.2 Å². The zero-order valence-corrected chi connectivity index (χ0v) is 14.2. The molecule has 1 amide bonds. The molecular weight excluding hydrogens is 326 g/mol. The summed E-state index contributed by atoms with van der Waals surface area (Å²) in [6.45, 7) is 5.62. The maximum Gasteiger partial charge on any atom is 0.371 e. The molecular formula is C18H21NO6. The second-order valence-electron chi connectivity index (χ2n) is 5.31. The van der Waals surface area contributed by atoms with Crippen molar-refractivity contribution in [2.24, 2.45) is 0 Å². The minimum Gasteiger partial charge on any atom is -0.491 e. The summed E-state index contributed by atoms with van der Waals surface area (Å²) in [5, 5.41) is 11.5. The lowest BCUT2D eigenvalue weighted by atomic mass is 10.1. The zero-order valence-electron chi connectivity index (χ0n) is 14.2. The Labute approximate surface area is 145 Å². The molecule has 2 rings (SSSR count). The summed E-state index contributed by atoms with van der Waals surface area (Å²) in [7, 11) is 0. The molecule has 7 nitrogen and oxygen atoms in total. The van der Waals surface area contributed by atoms with Gasteiger partial charge in [-0.1, -0.05) is 12.1 Å². The number of rotatable bonds is 9. The van der Waals surface area contributed by atoms with Crippen LogP contribution in [-0.4, -0.2) is 36.8 Å². The Morgan fingerprint density at radius 2 is 1.92 bits per heavy atom. The molecule has 0 atom stereocenters. The number of carbonyl (C=O) groups excluding carboxylic acids is 1. The average Bonchev–Trinajstić information content (AvgIpc) is 3.08. The van der Waals surface area contributed by atoms with E-state index in [0.717, 1.165) is 11.1 Å². The minimum atomic E-state index is -1.22. The van der Waals surface area contributed by atoms with Crippen LogP contribution >= 0.6 is 0 Å². The molecule has 1 aromatic carbocycles. The van der Waals surface area contributed by atoms with E-state index in [4.69, 9.17) is 19.0 Å². The van der Waals surface area contributed by atoms with Gasteiger partial charge >= 0.3 is 5.97 Å². The number of carboxylic acids is 1. The third-order valence-electron chi connectivity index (χ3n) is 3.39. The molecule has 0 aliphatic heterocycles. The molecule has 1 heterocycles. The van der Waals surface area contributed by atoms with Crippen LogP contribution in [0.3, 0.4) is 0 Å². The van der Waals surface area contributed by atoms with Crippen LogP contribution in [0.4, 0.5) is 0 Å². The largest absolute Gasteiger partial charge is 0.491 e. The molecule has 2 N–H and O–H groups in total.